The van der Waals surface area contributed by atoms with Crippen molar-refractivity contribution in [2.45, 2.75) is 19.4 Å². The van der Waals surface area contributed by atoms with E-state index in [1.807, 2.05) is 6.92 Å². The molecule has 0 aliphatic heterocycles. The largest absolute Gasteiger partial charge is 0.393 e. The fourth-order valence-corrected chi connectivity index (χ4v) is 1.41. The first-order chi connectivity index (χ1) is 7.09. The van der Waals surface area contributed by atoms with Crippen LogP contribution < -0.4 is 11.1 Å². The monoisotopic (exact) mass is 223 g/mol. The van der Waals surface area contributed by atoms with E-state index in [2.05, 4.69) is 10.3 Å². The van der Waals surface area contributed by atoms with E-state index in [0.29, 0.717) is 17.0 Å². The minimum Gasteiger partial charge on any atom is -0.393 e. The Morgan fingerprint density at radius 2 is 2.20 bits per heavy atom. The molecule has 0 aromatic carbocycles. The van der Waals surface area contributed by atoms with Crippen LogP contribution in [0.3, 0.4) is 0 Å². The van der Waals surface area contributed by atoms with Crippen LogP contribution in [0.25, 0.3) is 0 Å². The number of carbonyl (C=O) groups excluding carboxylic acids is 1. The van der Waals surface area contributed by atoms with Crippen LogP contribution >= 0.6 is 12.2 Å². The van der Waals surface area contributed by atoms with Crippen molar-refractivity contribution in [3.05, 3.63) is 30.1 Å². The molecule has 0 aliphatic rings. The van der Waals surface area contributed by atoms with Gasteiger partial charge in [-0.15, -0.1) is 0 Å². The van der Waals surface area contributed by atoms with Crippen LogP contribution in [0.1, 0.15) is 23.7 Å². The quantitative estimate of drug-likeness (QED) is 0.743. The number of hydrogen-bond donors (Lipinski definition) is 2. The molecule has 1 aromatic rings. The van der Waals surface area contributed by atoms with E-state index in [9.17, 15) is 4.79 Å². The van der Waals surface area contributed by atoms with Gasteiger partial charge in [-0.1, -0.05) is 12.2 Å². The molecule has 0 saturated heterocycles. The van der Waals surface area contributed by atoms with Crippen LogP contribution in [0, 0.1) is 0 Å². The average molecular weight is 223 g/mol. The van der Waals surface area contributed by atoms with Crippen molar-refractivity contribution in [3.8, 4) is 0 Å². The molecule has 1 heterocycles. The van der Waals surface area contributed by atoms with Crippen LogP contribution in [0.4, 0.5) is 0 Å². The fourth-order valence-electron chi connectivity index (χ4n) is 1.16. The summed E-state index contributed by atoms with van der Waals surface area (Å²) in [6.07, 6.45) is 3.66. The van der Waals surface area contributed by atoms with Gasteiger partial charge in [0.2, 0.25) is 0 Å². The fraction of sp³-hybridized carbons (Fsp3) is 0.300. The second kappa shape index (κ2) is 5.41. The SMILES string of the molecule is CC(CC(N)=S)NC(=O)c1ccncc1. The smallest absolute Gasteiger partial charge is 0.251 e. The van der Waals surface area contributed by atoms with Gasteiger partial charge in [-0.25, -0.2) is 0 Å². The molecule has 5 heteroatoms. The van der Waals surface area contributed by atoms with Gasteiger partial charge in [0.1, 0.15) is 0 Å². The lowest BCUT2D eigenvalue weighted by Gasteiger charge is -2.12. The zero-order valence-electron chi connectivity index (χ0n) is 8.43. The van der Waals surface area contributed by atoms with Gasteiger partial charge in [0.05, 0.1) is 4.99 Å². The number of nitrogens with zero attached hydrogens (tertiary/aromatic N) is 1. The Balaban J connectivity index is 2.53. The minimum atomic E-state index is -0.138. The van der Waals surface area contributed by atoms with E-state index in [4.69, 9.17) is 18.0 Å². The lowest BCUT2D eigenvalue weighted by Crippen LogP contribution is -2.35. The third-order valence-corrected chi connectivity index (χ3v) is 1.99. The standard InChI is InChI=1S/C10H13N3OS/c1-7(6-9(11)15)13-10(14)8-2-4-12-5-3-8/h2-5,7H,6H2,1H3,(H2,11,15)(H,13,14). The van der Waals surface area contributed by atoms with Crippen LogP contribution in [0.15, 0.2) is 24.5 Å². The molecule has 0 radical (unpaired) electrons. The van der Waals surface area contributed by atoms with Gasteiger partial charge in [-0.3, -0.25) is 9.78 Å². The molecule has 1 aromatic heterocycles. The zero-order chi connectivity index (χ0) is 11.3. The Bertz CT molecular complexity index is 353. The summed E-state index contributed by atoms with van der Waals surface area (Å²) < 4.78 is 0. The van der Waals surface area contributed by atoms with Crippen LogP contribution in [-0.4, -0.2) is 21.9 Å². The van der Waals surface area contributed by atoms with Gasteiger partial charge >= 0.3 is 0 Å². The molecule has 0 aliphatic carbocycles. The number of amides is 1. The van der Waals surface area contributed by atoms with Crippen LogP contribution in [-0.2, 0) is 0 Å². The van der Waals surface area contributed by atoms with E-state index in [-0.39, 0.29) is 11.9 Å². The molecule has 1 atom stereocenters. The van der Waals surface area contributed by atoms with E-state index in [1.54, 1.807) is 24.5 Å². The maximum atomic E-state index is 11.6. The molecule has 0 bridgehead atoms. The maximum Gasteiger partial charge on any atom is 0.251 e. The summed E-state index contributed by atoms with van der Waals surface area (Å²) in [5.41, 5.74) is 5.96. The van der Waals surface area contributed by atoms with Gasteiger partial charge in [0.25, 0.3) is 5.91 Å². The predicted molar refractivity (Wildman–Crippen MR) is 62.6 cm³/mol. The lowest BCUT2D eigenvalue weighted by atomic mass is 10.2. The second-order valence-electron chi connectivity index (χ2n) is 3.28. The Morgan fingerprint density at radius 3 is 2.73 bits per heavy atom. The normalized spacial score (nSPS) is 11.8. The van der Waals surface area contributed by atoms with Gasteiger partial charge in [-0.05, 0) is 19.1 Å². The Hall–Kier alpha value is -1.49. The van der Waals surface area contributed by atoms with Crippen molar-refractivity contribution >= 4 is 23.1 Å². The first-order valence-corrected chi connectivity index (χ1v) is 4.99. The topological polar surface area (TPSA) is 68.0 Å². The summed E-state index contributed by atoms with van der Waals surface area (Å²) in [7, 11) is 0. The lowest BCUT2D eigenvalue weighted by molar-refractivity contribution is 0.0941. The third-order valence-electron chi connectivity index (χ3n) is 1.83. The highest BCUT2D eigenvalue weighted by Gasteiger charge is 2.09. The number of pyridine rings is 1. The highest BCUT2D eigenvalue weighted by molar-refractivity contribution is 7.80. The van der Waals surface area contributed by atoms with E-state index in [1.165, 1.54) is 0 Å². The predicted octanol–water partition coefficient (Wildman–Crippen LogP) is 0.876. The first kappa shape index (κ1) is 11.6. The summed E-state index contributed by atoms with van der Waals surface area (Å²) in [4.78, 5) is 15.8. The molecule has 0 saturated carbocycles. The van der Waals surface area contributed by atoms with Crippen molar-refractivity contribution in [1.82, 2.24) is 10.3 Å². The van der Waals surface area contributed by atoms with Crippen molar-refractivity contribution in [3.63, 3.8) is 0 Å². The molecule has 80 valence electrons. The number of aromatic nitrogens is 1. The Labute approximate surface area is 93.9 Å². The summed E-state index contributed by atoms with van der Waals surface area (Å²) in [6, 6.07) is 3.26. The summed E-state index contributed by atoms with van der Waals surface area (Å²) in [5.74, 6) is -0.138. The van der Waals surface area contributed by atoms with E-state index in [0.717, 1.165) is 0 Å². The first-order valence-electron chi connectivity index (χ1n) is 4.59. The molecular weight excluding hydrogens is 210 g/mol. The van der Waals surface area contributed by atoms with Gasteiger partial charge in [0, 0.05) is 30.4 Å². The summed E-state index contributed by atoms with van der Waals surface area (Å²) in [6.45, 7) is 1.86. The molecule has 15 heavy (non-hydrogen) atoms. The number of thiocarbonyl (C=S) groups is 1. The van der Waals surface area contributed by atoms with Crippen molar-refractivity contribution in [1.29, 1.82) is 0 Å². The highest BCUT2D eigenvalue weighted by Crippen LogP contribution is 1.98. The summed E-state index contributed by atoms with van der Waals surface area (Å²) >= 11 is 4.76. The maximum absolute atomic E-state index is 11.6. The highest BCUT2D eigenvalue weighted by atomic mass is 32.1. The number of carbonyl (C=O) groups is 1. The van der Waals surface area contributed by atoms with Crippen LogP contribution in [0.5, 0.6) is 0 Å². The molecule has 3 N–H and O–H groups in total. The van der Waals surface area contributed by atoms with Crippen LogP contribution in [0.2, 0.25) is 0 Å². The molecule has 4 nitrogen and oxygen atoms in total. The zero-order valence-corrected chi connectivity index (χ0v) is 9.25. The number of nitrogens with two attached hydrogens (primary N) is 1. The van der Waals surface area contributed by atoms with Crippen molar-refractivity contribution < 1.29 is 4.79 Å². The molecule has 0 fully saturated rings. The average Bonchev–Trinajstić information content (AvgIpc) is 2.17. The van der Waals surface area contributed by atoms with Crippen molar-refractivity contribution in [2.24, 2.45) is 5.73 Å². The molecular formula is C10H13N3OS. The van der Waals surface area contributed by atoms with Crippen molar-refractivity contribution in [2.75, 3.05) is 0 Å². The Kier molecular flexibility index (Phi) is 4.17. The molecule has 1 rings (SSSR count). The number of rotatable bonds is 4. The van der Waals surface area contributed by atoms with E-state index < -0.39 is 0 Å². The van der Waals surface area contributed by atoms with E-state index >= 15 is 0 Å². The van der Waals surface area contributed by atoms with Gasteiger partial charge < -0.3 is 11.1 Å². The minimum absolute atomic E-state index is 0.0526. The molecule has 0 spiro atoms. The number of nitrogens with one attached hydrogen (secondary N) is 1. The molecule has 1 amide bonds. The third kappa shape index (κ3) is 4.03. The van der Waals surface area contributed by atoms with Gasteiger partial charge in [-0.2, -0.15) is 0 Å². The Morgan fingerprint density at radius 1 is 1.60 bits per heavy atom. The van der Waals surface area contributed by atoms with Gasteiger partial charge in [0.15, 0.2) is 0 Å². The number of hydrogen-bond acceptors (Lipinski definition) is 3. The second-order valence-corrected chi connectivity index (χ2v) is 3.81. The summed E-state index contributed by atoms with van der Waals surface area (Å²) in [5, 5.41) is 2.79. The molecule has 1 unspecified atom stereocenters.